The minimum absolute atomic E-state index is 0.130. The van der Waals surface area contributed by atoms with E-state index in [0.717, 1.165) is 6.08 Å². The number of hydrogen-bond donors (Lipinski definition) is 0. The molecular weight excluding hydrogens is 184 g/mol. The van der Waals surface area contributed by atoms with E-state index in [1.54, 1.807) is 6.92 Å². The van der Waals surface area contributed by atoms with Crippen molar-refractivity contribution in [3.8, 4) is 0 Å². The lowest BCUT2D eigenvalue weighted by Gasteiger charge is -2.15. The molecule has 0 radical (unpaired) electrons. The molecule has 0 amide bonds. The highest BCUT2D eigenvalue weighted by Gasteiger charge is 2.20. The van der Waals surface area contributed by atoms with Gasteiger partial charge >= 0.3 is 11.9 Å². The predicted octanol–water partition coefficient (Wildman–Crippen LogP) is 1.22. The van der Waals surface area contributed by atoms with Crippen molar-refractivity contribution < 1.29 is 19.1 Å². The highest BCUT2D eigenvalue weighted by molar-refractivity contribution is 5.90. The highest BCUT2D eigenvalue weighted by Crippen LogP contribution is 2.10. The minimum atomic E-state index is -0.645. The Labute approximate surface area is 83.2 Å². The number of carbonyl (C=O) groups is 2. The maximum Gasteiger partial charge on any atom is 0.336 e. The van der Waals surface area contributed by atoms with Crippen LogP contribution < -0.4 is 0 Å². The van der Waals surface area contributed by atoms with Gasteiger partial charge in [0.2, 0.25) is 0 Å². The van der Waals surface area contributed by atoms with Crippen molar-refractivity contribution in [2.24, 2.45) is 0 Å². The van der Waals surface area contributed by atoms with Crippen LogP contribution in [-0.2, 0) is 19.1 Å². The lowest BCUT2D eigenvalue weighted by atomic mass is 10.1. The third-order valence-electron chi connectivity index (χ3n) is 1.63. The summed E-state index contributed by atoms with van der Waals surface area (Å²) in [6.07, 6.45) is 0.855. The number of carbonyl (C=O) groups excluding carboxylic acids is 2. The molecule has 14 heavy (non-hydrogen) atoms. The Morgan fingerprint density at radius 3 is 2.43 bits per heavy atom. The summed E-state index contributed by atoms with van der Waals surface area (Å²) < 4.78 is 9.33. The summed E-state index contributed by atoms with van der Waals surface area (Å²) in [5, 5.41) is 0. The molecule has 0 rings (SSSR count). The molecule has 0 aliphatic heterocycles. The van der Waals surface area contributed by atoms with Crippen molar-refractivity contribution in [1.29, 1.82) is 0 Å². The summed E-state index contributed by atoms with van der Waals surface area (Å²) in [5.41, 5.74) is 0.130. The fraction of sp³-hybridized carbons (Fsp3) is 0.400. The second-order valence-electron chi connectivity index (χ2n) is 2.55. The summed E-state index contributed by atoms with van der Waals surface area (Å²) in [6, 6.07) is 0. The van der Waals surface area contributed by atoms with E-state index in [2.05, 4.69) is 17.9 Å². The van der Waals surface area contributed by atoms with Gasteiger partial charge < -0.3 is 9.47 Å². The van der Waals surface area contributed by atoms with E-state index >= 15 is 0 Å². The molecule has 0 saturated heterocycles. The summed E-state index contributed by atoms with van der Waals surface area (Å²) in [5.74, 6) is -1.16. The third-order valence-corrected chi connectivity index (χ3v) is 1.63. The summed E-state index contributed by atoms with van der Waals surface area (Å²) in [4.78, 5) is 21.9. The molecule has 0 aliphatic rings. The van der Waals surface area contributed by atoms with Crippen molar-refractivity contribution in [1.82, 2.24) is 0 Å². The number of ether oxygens (including phenoxy) is 2. The Kier molecular flexibility index (Phi) is 5.29. The smallest absolute Gasteiger partial charge is 0.336 e. The van der Waals surface area contributed by atoms with E-state index in [1.165, 1.54) is 7.11 Å². The van der Waals surface area contributed by atoms with Gasteiger partial charge in [-0.25, -0.2) is 9.59 Å². The molecule has 0 aliphatic carbocycles. The number of esters is 2. The van der Waals surface area contributed by atoms with E-state index in [1.807, 2.05) is 0 Å². The lowest BCUT2D eigenvalue weighted by molar-refractivity contribution is -0.144. The van der Waals surface area contributed by atoms with Gasteiger partial charge in [-0.2, -0.15) is 0 Å². The van der Waals surface area contributed by atoms with Crippen LogP contribution in [0.4, 0.5) is 0 Å². The molecule has 4 heteroatoms. The number of methoxy groups -OCH3 is 1. The summed E-state index contributed by atoms with van der Waals surface area (Å²) in [7, 11) is 1.25. The van der Waals surface area contributed by atoms with Crippen LogP contribution >= 0.6 is 0 Å². The zero-order valence-electron chi connectivity index (χ0n) is 8.41. The van der Waals surface area contributed by atoms with Gasteiger partial charge in [0.15, 0.2) is 0 Å². The van der Waals surface area contributed by atoms with Gasteiger partial charge in [-0.05, 0) is 6.42 Å². The van der Waals surface area contributed by atoms with Crippen molar-refractivity contribution in [3.05, 3.63) is 24.8 Å². The first kappa shape index (κ1) is 12.4. The van der Waals surface area contributed by atoms with E-state index in [9.17, 15) is 9.59 Å². The van der Waals surface area contributed by atoms with Crippen LogP contribution in [0.1, 0.15) is 13.3 Å². The second kappa shape index (κ2) is 5.96. The summed E-state index contributed by atoms with van der Waals surface area (Å²) in [6.45, 7) is 8.52. The minimum Gasteiger partial charge on any atom is -0.466 e. The van der Waals surface area contributed by atoms with E-state index in [-0.39, 0.29) is 5.57 Å². The van der Waals surface area contributed by atoms with Gasteiger partial charge in [0.25, 0.3) is 0 Å². The second-order valence-corrected chi connectivity index (χ2v) is 2.55. The van der Waals surface area contributed by atoms with E-state index < -0.39 is 18.0 Å². The maximum atomic E-state index is 11.0. The van der Waals surface area contributed by atoms with Crippen LogP contribution in [0, 0.1) is 0 Å². The van der Waals surface area contributed by atoms with Gasteiger partial charge in [0, 0.05) is 6.08 Å². The van der Waals surface area contributed by atoms with Gasteiger partial charge in [-0.3, -0.25) is 0 Å². The van der Waals surface area contributed by atoms with Gasteiger partial charge in [0.05, 0.1) is 12.7 Å². The van der Waals surface area contributed by atoms with Crippen LogP contribution in [0.3, 0.4) is 0 Å². The molecule has 0 aromatic heterocycles. The van der Waals surface area contributed by atoms with Gasteiger partial charge in [-0.1, -0.05) is 20.1 Å². The Morgan fingerprint density at radius 2 is 2.07 bits per heavy atom. The number of hydrogen-bond acceptors (Lipinski definition) is 4. The molecule has 1 unspecified atom stereocenters. The SMILES string of the molecule is C=CC(=O)OC(CC)C(=C)C(=O)OC. The zero-order chi connectivity index (χ0) is 11.1. The van der Waals surface area contributed by atoms with Crippen molar-refractivity contribution in [2.45, 2.75) is 19.4 Å². The first-order valence-corrected chi connectivity index (χ1v) is 4.16. The number of rotatable bonds is 5. The van der Waals surface area contributed by atoms with Crippen molar-refractivity contribution in [3.63, 3.8) is 0 Å². The van der Waals surface area contributed by atoms with Crippen LogP contribution in [0.15, 0.2) is 24.8 Å². The zero-order valence-corrected chi connectivity index (χ0v) is 8.41. The molecule has 0 spiro atoms. The van der Waals surface area contributed by atoms with Crippen LogP contribution in [0.25, 0.3) is 0 Å². The Hall–Kier alpha value is -1.58. The molecule has 0 aromatic rings. The molecule has 0 saturated carbocycles. The fourth-order valence-electron chi connectivity index (χ4n) is 0.852. The molecule has 1 atom stereocenters. The highest BCUT2D eigenvalue weighted by atomic mass is 16.6. The van der Waals surface area contributed by atoms with Crippen LogP contribution in [0.5, 0.6) is 0 Å². The Morgan fingerprint density at radius 1 is 1.50 bits per heavy atom. The van der Waals surface area contributed by atoms with Crippen LogP contribution in [0.2, 0.25) is 0 Å². The molecule has 0 heterocycles. The average molecular weight is 198 g/mol. The molecule has 78 valence electrons. The third kappa shape index (κ3) is 3.43. The Bertz CT molecular complexity index is 255. The van der Waals surface area contributed by atoms with Gasteiger partial charge in [-0.15, -0.1) is 0 Å². The average Bonchev–Trinajstić information content (AvgIpc) is 2.23. The topological polar surface area (TPSA) is 52.6 Å². The van der Waals surface area contributed by atoms with E-state index in [4.69, 9.17) is 4.74 Å². The molecule has 0 aromatic carbocycles. The molecule has 0 N–H and O–H groups in total. The van der Waals surface area contributed by atoms with Gasteiger partial charge in [0.1, 0.15) is 6.10 Å². The van der Waals surface area contributed by atoms with E-state index in [0.29, 0.717) is 6.42 Å². The fourth-order valence-corrected chi connectivity index (χ4v) is 0.852. The Balaban J connectivity index is 4.40. The molecule has 4 nitrogen and oxygen atoms in total. The first-order chi connectivity index (χ1) is 6.56. The summed E-state index contributed by atoms with van der Waals surface area (Å²) >= 11 is 0. The lowest BCUT2D eigenvalue weighted by Crippen LogP contribution is -2.23. The first-order valence-electron chi connectivity index (χ1n) is 4.16. The maximum absolute atomic E-state index is 11.0. The monoisotopic (exact) mass is 198 g/mol. The normalized spacial score (nSPS) is 11.3. The predicted molar refractivity (Wildman–Crippen MR) is 51.5 cm³/mol. The molecule has 0 fully saturated rings. The van der Waals surface area contributed by atoms with Crippen molar-refractivity contribution >= 4 is 11.9 Å². The largest absolute Gasteiger partial charge is 0.466 e. The standard InChI is InChI=1S/C10H14O4/c1-5-8(14-9(11)6-2)7(3)10(12)13-4/h6,8H,2-3,5H2,1,4H3. The quantitative estimate of drug-likeness (QED) is 0.492. The van der Waals surface area contributed by atoms with Crippen molar-refractivity contribution in [2.75, 3.05) is 7.11 Å². The molecular formula is C10H14O4. The van der Waals surface area contributed by atoms with Crippen LogP contribution in [-0.4, -0.2) is 25.2 Å². The molecule has 0 bridgehead atoms.